The zero-order valence-corrected chi connectivity index (χ0v) is 59.1. The Kier molecular flexibility index (Phi) is 33.7. The minimum Gasteiger partial charge on any atom is -0.412 e. The van der Waals surface area contributed by atoms with Gasteiger partial charge in [0.05, 0.1) is 22.7 Å². The van der Waals surface area contributed by atoms with E-state index in [-0.39, 0.29) is 11.5 Å². The zero-order valence-electron chi connectivity index (χ0n) is 59.1. The molecular weight excluding hydrogens is 1400 g/mol. The van der Waals surface area contributed by atoms with Crippen LogP contribution in [0, 0.1) is 57.6 Å². The van der Waals surface area contributed by atoms with Crippen molar-refractivity contribution < 1.29 is 53.1 Å². The molecule has 12 aromatic carbocycles. The summed E-state index contributed by atoms with van der Waals surface area (Å²) in [5.41, 5.74) is 23.5. The Morgan fingerprint density at radius 2 is 0.414 bits per heavy atom. The first kappa shape index (κ1) is 81.9. The van der Waals surface area contributed by atoms with E-state index < -0.39 is 0 Å². The summed E-state index contributed by atoms with van der Waals surface area (Å²) in [5.74, 6) is 2.66. The molecule has 23 heteroatoms. The summed E-state index contributed by atoms with van der Waals surface area (Å²) in [6.07, 6.45) is 18.8. The molecule has 0 spiro atoms. The Labute approximate surface area is 639 Å². The van der Waals surface area contributed by atoms with Gasteiger partial charge in [-0.25, -0.2) is 24.0 Å². The van der Waals surface area contributed by atoms with Gasteiger partial charge in [-0.05, 0) is 251 Å². The van der Waals surface area contributed by atoms with Gasteiger partial charge in [0.25, 0.3) is 31.3 Å². The fourth-order valence-electron chi connectivity index (χ4n) is 10.4. The van der Waals surface area contributed by atoms with Crippen LogP contribution in [0.3, 0.4) is 0 Å². The van der Waals surface area contributed by atoms with Crippen LogP contribution < -0.4 is 40.1 Å². The second-order valence-corrected chi connectivity index (χ2v) is 23.4. The van der Waals surface area contributed by atoms with Gasteiger partial charge in [0.2, 0.25) is 24.3 Å². The summed E-state index contributed by atoms with van der Waals surface area (Å²) in [7, 11) is 0. The third-order valence-electron chi connectivity index (χ3n) is 15.7. The normalized spacial score (nSPS) is 9.43. The Bertz CT molecular complexity index is 5090. The van der Waals surface area contributed by atoms with Gasteiger partial charge in [-0.3, -0.25) is 0 Å². The fraction of sp³-hybridized carbons (Fsp3) is 0.0682. The molecule has 0 aliphatic carbocycles. The SMILES string of the molecule is N#COc1ccc(Cc2ccc(N)cc2)cc1.N#COc1ccc(Cc2ccc(N=C=O)cc2)cc1.N#COc1ccc(Cc2ccc(N=C=O)cc2)cc1.N#COc1ccc(Cc2ccc(N=C=O)cc2)cc1.N#COc1ccc(Cc2ccc(NC(=O)Nc3ccc(Cc4ccc(N=C=O)cc4)cc3)cc2)cc1.O. The number of benzene rings is 12. The van der Waals surface area contributed by atoms with Crippen LogP contribution in [0.4, 0.5) is 44.6 Å². The average Bonchev–Trinajstić information content (AvgIpc) is 0.864. The Hall–Kier alpha value is -16.4. The molecule has 111 heavy (non-hydrogen) atoms. The first-order chi connectivity index (χ1) is 53.8. The van der Waals surface area contributed by atoms with E-state index in [2.05, 4.69) is 30.6 Å². The maximum absolute atomic E-state index is 12.4. The number of rotatable bonds is 23. The molecule has 23 nitrogen and oxygen atoms in total. The molecule has 0 aliphatic rings. The van der Waals surface area contributed by atoms with Gasteiger partial charge < -0.3 is 45.5 Å². The molecular formula is C88H66N12O11. The standard InChI is InChI=1S/C29H22N4O3.3C15H10N2O2.C14H12N2O.H2O/c30-19-36-28-15-7-24(8-16-28)18-23-5-13-27(14-6-23)33-29(35)32-26-11-3-22(4-12-26)17-21-1-9-25(10-2-21)31-20-34;3*16-10-19-15-7-3-13(4-8-15)9-12-1-5-14(6-2-12)17-11-18;15-10-17-14-7-3-12(4-8-14)9-11-1-5-13(16)6-2-11;/h1-16H,17-18H2,(H2,32,33,35);3*1-8H,9H2;1-8H,9,16H2;1H2. The van der Waals surface area contributed by atoms with E-state index >= 15 is 0 Å². The Morgan fingerprint density at radius 1 is 0.261 bits per heavy atom. The lowest BCUT2D eigenvalue weighted by atomic mass is 10.0. The predicted molar refractivity (Wildman–Crippen MR) is 417 cm³/mol. The van der Waals surface area contributed by atoms with E-state index in [1.165, 1.54) is 35.4 Å². The highest BCUT2D eigenvalue weighted by molar-refractivity contribution is 5.99. The molecule has 544 valence electrons. The lowest BCUT2D eigenvalue weighted by molar-refractivity contribution is 0.262. The van der Waals surface area contributed by atoms with Crippen molar-refractivity contribution in [3.8, 4) is 60.0 Å². The summed E-state index contributed by atoms with van der Waals surface area (Å²) in [5, 5.41) is 47.8. The quantitative estimate of drug-likeness (QED) is 0.0232. The fourth-order valence-corrected chi connectivity index (χ4v) is 10.4. The number of isocyanates is 4. The number of amides is 2. The summed E-state index contributed by atoms with van der Waals surface area (Å²) >= 11 is 0. The molecule has 0 unspecified atom stereocenters. The molecule has 0 atom stereocenters. The number of urea groups is 1. The number of nitriles is 5. The number of aliphatic imine (C=N–C) groups is 4. The molecule has 0 saturated heterocycles. The number of nitrogens with zero attached hydrogens (tertiary/aromatic N) is 9. The lowest BCUT2D eigenvalue weighted by Gasteiger charge is -2.10. The van der Waals surface area contributed by atoms with E-state index in [0.717, 1.165) is 99.8 Å². The average molecular weight is 1470 g/mol. The van der Waals surface area contributed by atoms with Gasteiger partial charge in [-0.1, -0.05) is 146 Å². The van der Waals surface area contributed by atoms with E-state index in [0.29, 0.717) is 62.9 Å². The highest BCUT2D eigenvalue weighted by Gasteiger charge is 2.08. The maximum atomic E-state index is 12.4. The molecule has 0 bridgehead atoms. The van der Waals surface area contributed by atoms with E-state index in [4.69, 9.17) is 55.7 Å². The first-order valence-electron chi connectivity index (χ1n) is 33.4. The van der Waals surface area contributed by atoms with Crippen LogP contribution in [0.5, 0.6) is 28.7 Å². The number of carbonyl (C=O) groups excluding carboxylic acids is 5. The minimum atomic E-state index is -0.324. The summed E-state index contributed by atoms with van der Waals surface area (Å²) in [6, 6.07) is 89.0. The number of hydrogen-bond acceptors (Lipinski definition) is 20. The highest BCUT2D eigenvalue weighted by atomic mass is 16.5. The third-order valence-corrected chi connectivity index (χ3v) is 15.7. The second kappa shape index (κ2) is 45.7. The summed E-state index contributed by atoms with van der Waals surface area (Å²) < 4.78 is 23.6. The monoisotopic (exact) mass is 1470 g/mol. The largest absolute Gasteiger partial charge is 0.412 e. The number of hydrogen-bond donors (Lipinski definition) is 3. The van der Waals surface area contributed by atoms with Crippen molar-refractivity contribution in [2.75, 3.05) is 16.4 Å². The minimum absolute atomic E-state index is 0. The van der Waals surface area contributed by atoms with Crippen molar-refractivity contribution in [3.63, 3.8) is 0 Å². The summed E-state index contributed by atoms with van der Waals surface area (Å²) in [4.78, 5) is 67.3. The zero-order chi connectivity index (χ0) is 77.8. The lowest BCUT2D eigenvalue weighted by Crippen LogP contribution is -2.19. The van der Waals surface area contributed by atoms with Crippen LogP contribution in [-0.4, -0.2) is 35.8 Å². The van der Waals surface area contributed by atoms with Gasteiger partial charge in [-0.15, -0.1) is 26.3 Å². The first-order valence-corrected chi connectivity index (χ1v) is 33.4. The van der Waals surface area contributed by atoms with Crippen LogP contribution in [0.1, 0.15) is 66.8 Å². The van der Waals surface area contributed by atoms with Crippen molar-refractivity contribution in [3.05, 3.63) is 358 Å². The van der Waals surface area contributed by atoms with Crippen LogP contribution in [-0.2, 0) is 57.7 Å². The number of nitrogens with two attached hydrogens (primary N) is 1. The molecule has 0 fully saturated rings. The molecule has 2 amide bonds. The topological polar surface area (TPSA) is 381 Å². The van der Waals surface area contributed by atoms with Gasteiger partial charge in [0.1, 0.15) is 28.7 Å². The smallest absolute Gasteiger partial charge is 0.323 e. The maximum Gasteiger partial charge on any atom is 0.323 e. The van der Waals surface area contributed by atoms with Gasteiger partial charge in [0, 0.05) is 17.1 Å². The highest BCUT2D eigenvalue weighted by Crippen LogP contribution is 2.25. The molecule has 0 heterocycles. The van der Waals surface area contributed by atoms with Crippen LogP contribution >= 0.6 is 0 Å². The van der Waals surface area contributed by atoms with Crippen LogP contribution in [0.2, 0.25) is 0 Å². The van der Waals surface area contributed by atoms with E-state index in [1.807, 2.05) is 182 Å². The molecule has 12 aromatic rings. The Balaban J connectivity index is 0.000000199. The molecule has 0 radical (unpaired) electrons. The van der Waals surface area contributed by atoms with E-state index in [9.17, 15) is 24.0 Å². The van der Waals surface area contributed by atoms with Crippen molar-refractivity contribution in [1.29, 1.82) is 26.3 Å². The van der Waals surface area contributed by atoms with Crippen molar-refractivity contribution in [1.82, 2.24) is 0 Å². The van der Waals surface area contributed by atoms with Crippen LogP contribution in [0.25, 0.3) is 0 Å². The van der Waals surface area contributed by atoms with Gasteiger partial charge >= 0.3 is 6.03 Å². The van der Waals surface area contributed by atoms with E-state index in [1.54, 1.807) is 140 Å². The van der Waals surface area contributed by atoms with Gasteiger partial charge in [-0.2, -0.15) is 20.0 Å². The molecule has 0 aromatic heterocycles. The summed E-state index contributed by atoms with van der Waals surface area (Å²) in [6.45, 7) is 0. The number of ether oxygens (including phenoxy) is 5. The third kappa shape index (κ3) is 29.7. The number of nitrogens with one attached hydrogen (secondary N) is 2. The number of nitrogen functional groups attached to an aromatic ring is 1. The second-order valence-electron chi connectivity index (χ2n) is 23.4. The molecule has 0 saturated carbocycles. The van der Waals surface area contributed by atoms with Gasteiger partial charge in [0.15, 0.2) is 0 Å². The Morgan fingerprint density at radius 3 is 0.577 bits per heavy atom. The van der Waals surface area contributed by atoms with Crippen LogP contribution in [0.15, 0.2) is 311 Å². The van der Waals surface area contributed by atoms with Crippen molar-refractivity contribution in [2.45, 2.75) is 38.5 Å². The molecule has 0 aliphatic heterocycles. The predicted octanol–water partition coefficient (Wildman–Crippen LogP) is 17.5. The number of anilines is 3. The number of carbonyl (C=O) groups is 1. The molecule has 6 N–H and O–H groups in total. The van der Waals surface area contributed by atoms with Crippen molar-refractivity contribution in [2.24, 2.45) is 20.0 Å². The van der Waals surface area contributed by atoms with Crippen molar-refractivity contribution >= 4 is 70.2 Å². The molecule has 12 rings (SSSR count).